The van der Waals surface area contributed by atoms with Gasteiger partial charge in [0.1, 0.15) is 5.75 Å². The molecule has 0 bridgehead atoms. The molecule has 0 aromatic heterocycles. The molecule has 164 valence electrons. The van der Waals surface area contributed by atoms with Gasteiger partial charge in [0.2, 0.25) is 11.8 Å². The summed E-state index contributed by atoms with van der Waals surface area (Å²) in [6.45, 7) is 1.23. The number of likely N-dealkylation sites (tertiary alicyclic amines) is 1. The summed E-state index contributed by atoms with van der Waals surface area (Å²) in [5.41, 5.74) is 2.98. The van der Waals surface area contributed by atoms with E-state index in [1.807, 2.05) is 53.4 Å². The Morgan fingerprint density at radius 3 is 2.19 bits per heavy atom. The predicted octanol–water partition coefficient (Wildman–Crippen LogP) is 4.54. The number of rotatable bonds is 8. The average Bonchev–Trinajstić information content (AvgIpc) is 3.09. The minimum atomic E-state index is -0.336. The summed E-state index contributed by atoms with van der Waals surface area (Å²) in [6.07, 6.45) is 0.950. The zero-order chi connectivity index (χ0) is 22.3. The van der Waals surface area contributed by atoms with Crippen LogP contribution in [0.2, 0.25) is 0 Å². The van der Waals surface area contributed by atoms with Crippen molar-refractivity contribution in [2.24, 2.45) is 11.8 Å². The Labute approximate surface area is 189 Å². The van der Waals surface area contributed by atoms with Gasteiger partial charge in [-0.1, -0.05) is 60.7 Å². The van der Waals surface area contributed by atoms with Crippen LogP contribution in [0.4, 0.5) is 5.69 Å². The Hall–Kier alpha value is -3.60. The van der Waals surface area contributed by atoms with Crippen molar-refractivity contribution in [3.05, 3.63) is 96.1 Å². The van der Waals surface area contributed by atoms with Gasteiger partial charge in [-0.2, -0.15) is 0 Å². The molecule has 1 N–H and O–H groups in total. The number of carbonyl (C=O) groups excluding carboxylic acids is 2. The minimum Gasteiger partial charge on any atom is -0.497 e. The first-order valence-corrected chi connectivity index (χ1v) is 10.9. The van der Waals surface area contributed by atoms with Gasteiger partial charge in [0, 0.05) is 25.2 Å². The van der Waals surface area contributed by atoms with Crippen LogP contribution < -0.4 is 10.1 Å². The van der Waals surface area contributed by atoms with Gasteiger partial charge in [-0.25, -0.2) is 0 Å². The van der Waals surface area contributed by atoms with Crippen LogP contribution in [0.1, 0.15) is 17.5 Å². The summed E-state index contributed by atoms with van der Waals surface area (Å²) in [7, 11) is 1.60. The summed E-state index contributed by atoms with van der Waals surface area (Å²) in [5.74, 6) is 0.397. The number of amides is 2. The summed E-state index contributed by atoms with van der Waals surface area (Å²) >= 11 is 0. The van der Waals surface area contributed by atoms with Crippen LogP contribution in [-0.4, -0.2) is 30.4 Å². The molecule has 1 heterocycles. The first kappa shape index (κ1) is 21.6. The highest BCUT2D eigenvalue weighted by molar-refractivity contribution is 5.94. The number of ether oxygens (including phenoxy) is 1. The summed E-state index contributed by atoms with van der Waals surface area (Å²) in [6, 6.07) is 27.4. The lowest BCUT2D eigenvalue weighted by molar-refractivity contribution is -0.133. The van der Waals surface area contributed by atoms with Gasteiger partial charge >= 0.3 is 0 Å². The molecule has 1 fully saturated rings. The van der Waals surface area contributed by atoms with Crippen LogP contribution in [0.3, 0.4) is 0 Å². The predicted molar refractivity (Wildman–Crippen MR) is 125 cm³/mol. The van der Waals surface area contributed by atoms with E-state index in [2.05, 4.69) is 17.4 Å². The van der Waals surface area contributed by atoms with Gasteiger partial charge in [-0.15, -0.1) is 0 Å². The fraction of sp³-hybridized carbons (Fsp3) is 0.259. The standard InChI is InChI=1S/C27H28N2O3/c1-32-24-14-12-23(13-15-24)28-26(30)17-25-22(16-20-8-4-2-5-9-20)19-29(27(25)31)18-21-10-6-3-7-11-21/h2-15,22,25H,16-19H2,1H3,(H,28,30)/t22-,25+/m0/s1. The zero-order valence-corrected chi connectivity index (χ0v) is 18.2. The fourth-order valence-corrected chi connectivity index (χ4v) is 4.35. The number of nitrogens with zero attached hydrogens (tertiary/aromatic N) is 1. The topological polar surface area (TPSA) is 58.6 Å². The summed E-state index contributed by atoms with van der Waals surface area (Å²) < 4.78 is 5.16. The van der Waals surface area contributed by atoms with Crippen LogP contribution in [0, 0.1) is 11.8 Å². The lowest BCUT2D eigenvalue weighted by Crippen LogP contribution is -2.29. The van der Waals surface area contributed by atoms with Crippen molar-refractivity contribution in [3.63, 3.8) is 0 Å². The van der Waals surface area contributed by atoms with Crippen LogP contribution >= 0.6 is 0 Å². The summed E-state index contributed by atoms with van der Waals surface area (Å²) in [4.78, 5) is 28.0. The van der Waals surface area contributed by atoms with Gasteiger partial charge in [-0.3, -0.25) is 9.59 Å². The number of anilines is 1. The van der Waals surface area contributed by atoms with Crippen molar-refractivity contribution in [2.45, 2.75) is 19.4 Å². The first-order valence-electron chi connectivity index (χ1n) is 10.9. The normalized spacial score (nSPS) is 17.9. The van der Waals surface area contributed by atoms with E-state index in [1.54, 1.807) is 31.4 Å². The number of hydrogen-bond donors (Lipinski definition) is 1. The maximum absolute atomic E-state index is 13.3. The third-order valence-corrected chi connectivity index (χ3v) is 5.99. The molecule has 3 aromatic rings. The van der Waals surface area contributed by atoms with E-state index < -0.39 is 0 Å². The van der Waals surface area contributed by atoms with E-state index >= 15 is 0 Å². The highest BCUT2D eigenvalue weighted by Gasteiger charge is 2.41. The quantitative estimate of drug-likeness (QED) is 0.573. The molecule has 5 nitrogen and oxygen atoms in total. The second kappa shape index (κ2) is 10.1. The van der Waals surface area contributed by atoms with Crippen molar-refractivity contribution >= 4 is 17.5 Å². The molecule has 1 aliphatic heterocycles. The second-order valence-electron chi connectivity index (χ2n) is 8.24. The highest BCUT2D eigenvalue weighted by Crippen LogP contribution is 2.32. The average molecular weight is 429 g/mol. The number of carbonyl (C=O) groups is 2. The Morgan fingerprint density at radius 2 is 1.56 bits per heavy atom. The Balaban J connectivity index is 1.47. The first-order chi connectivity index (χ1) is 15.6. The zero-order valence-electron chi connectivity index (χ0n) is 18.2. The molecule has 32 heavy (non-hydrogen) atoms. The Bertz CT molecular complexity index is 1040. The van der Waals surface area contributed by atoms with Crippen molar-refractivity contribution < 1.29 is 14.3 Å². The van der Waals surface area contributed by atoms with Crippen molar-refractivity contribution in [1.82, 2.24) is 4.90 Å². The SMILES string of the molecule is COc1ccc(NC(=O)C[C@H]2C(=O)N(Cc3ccccc3)C[C@@H]2Cc2ccccc2)cc1. The molecule has 1 aliphatic rings. The van der Waals surface area contributed by atoms with Crippen LogP contribution in [0.15, 0.2) is 84.9 Å². The van der Waals surface area contributed by atoms with E-state index in [-0.39, 0.29) is 30.1 Å². The molecule has 0 spiro atoms. The van der Waals surface area contributed by atoms with Crippen molar-refractivity contribution in [2.75, 3.05) is 19.0 Å². The largest absolute Gasteiger partial charge is 0.497 e. The molecule has 0 aliphatic carbocycles. The summed E-state index contributed by atoms with van der Waals surface area (Å²) in [5, 5.41) is 2.92. The van der Waals surface area contributed by atoms with E-state index in [1.165, 1.54) is 5.56 Å². The number of benzene rings is 3. The lowest BCUT2D eigenvalue weighted by Gasteiger charge is -2.16. The van der Waals surface area contributed by atoms with Gasteiger partial charge in [-0.05, 0) is 47.7 Å². The van der Waals surface area contributed by atoms with Crippen LogP contribution in [0.25, 0.3) is 0 Å². The lowest BCUT2D eigenvalue weighted by atomic mass is 9.87. The number of hydrogen-bond acceptors (Lipinski definition) is 3. The van der Waals surface area contributed by atoms with E-state index in [4.69, 9.17) is 4.74 Å². The Morgan fingerprint density at radius 1 is 0.938 bits per heavy atom. The van der Waals surface area contributed by atoms with Gasteiger partial charge in [0.05, 0.1) is 13.0 Å². The van der Waals surface area contributed by atoms with E-state index in [9.17, 15) is 9.59 Å². The smallest absolute Gasteiger partial charge is 0.226 e. The third kappa shape index (κ3) is 5.35. The maximum atomic E-state index is 13.3. The molecule has 1 saturated heterocycles. The molecule has 0 unspecified atom stereocenters. The van der Waals surface area contributed by atoms with Crippen molar-refractivity contribution in [3.8, 4) is 5.75 Å². The third-order valence-electron chi connectivity index (χ3n) is 5.99. The number of nitrogens with one attached hydrogen (secondary N) is 1. The highest BCUT2D eigenvalue weighted by atomic mass is 16.5. The Kier molecular flexibility index (Phi) is 6.85. The fourth-order valence-electron chi connectivity index (χ4n) is 4.35. The molecule has 5 heteroatoms. The molecule has 0 saturated carbocycles. The van der Waals surface area contributed by atoms with E-state index in [0.717, 1.165) is 17.7 Å². The van der Waals surface area contributed by atoms with Gasteiger partial charge < -0.3 is 15.0 Å². The molecular formula is C27H28N2O3. The second-order valence-corrected chi connectivity index (χ2v) is 8.24. The maximum Gasteiger partial charge on any atom is 0.226 e. The van der Waals surface area contributed by atoms with Crippen LogP contribution in [0.5, 0.6) is 5.75 Å². The molecule has 4 rings (SSSR count). The molecular weight excluding hydrogens is 400 g/mol. The van der Waals surface area contributed by atoms with Crippen LogP contribution in [-0.2, 0) is 22.6 Å². The van der Waals surface area contributed by atoms with Crippen molar-refractivity contribution in [1.29, 1.82) is 0 Å². The van der Waals surface area contributed by atoms with E-state index in [0.29, 0.717) is 18.8 Å². The molecule has 2 atom stereocenters. The van der Waals surface area contributed by atoms with Gasteiger partial charge in [0.15, 0.2) is 0 Å². The minimum absolute atomic E-state index is 0.0552. The molecule has 2 amide bonds. The number of methoxy groups -OCH3 is 1. The van der Waals surface area contributed by atoms with Gasteiger partial charge in [0.25, 0.3) is 0 Å². The molecule has 0 radical (unpaired) electrons. The molecule has 3 aromatic carbocycles. The monoisotopic (exact) mass is 428 g/mol.